The molecule has 2 aromatic rings. The number of amides is 2. The lowest BCUT2D eigenvalue weighted by atomic mass is 9.90. The van der Waals surface area contributed by atoms with Crippen LogP contribution < -0.4 is 10.6 Å². The molecule has 2 amide bonds. The molecular formula is C22H19N5O2S. The van der Waals surface area contributed by atoms with Crippen molar-refractivity contribution < 1.29 is 9.59 Å². The van der Waals surface area contributed by atoms with Gasteiger partial charge in [0, 0.05) is 12.3 Å². The van der Waals surface area contributed by atoms with Gasteiger partial charge in [-0.05, 0) is 36.6 Å². The van der Waals surface area contributed by atoms with Crippen LogP contribution in [0.5, 0.6) is 0 Å². The summed E-state index contributed by atoms with van der Waals surface area (Å²) in [5.41, 5.74) is 1.99. The summed E-state index contributed by atoms with van der Waals surface area (Å²) in [4.78, 5) is 29.7. The Labute approximate surface area is 178 Å². The number of nitrogens with one attached hydrogen (secondary N) is 2. The summed E-state index contributed by atoms with van der Waals surface area (Å²) < 4.78 is 0. The summed E-state index contributed by atoms with van der Waals surface area (Å²) in [6.07, 6.45) is 6.33. The van der Waals surface area contributed by atoms with Gasteiger partial charge in [-0.1, -0.05) is 18.2 Å². The van der Waals surface area contributed by atoms with E-state index in [0.717, 1.165) is 22.6 Å². The van der Waals surface area contributed by atoms with Crippen LogP contribution in [0.25, 0.3) is 6.08 Å². The van der Waals surface area contributed by atoms with Crippen molar-refractivity contribution in [1.29, 1.82) is 10.5 Å². The van der Waals surface area contributed by atoms with Gasteiger partial charge in [-0.15, -0.1) is 11.3 Å². The first kappa shape index (κ1) is 19.8. The standard InChI is InChI=1S/C22H19N5O2S/c23-11-14-1-3-15(4-2-14)16-5-6-18-17(9-16)26-21(30-18)10-19(28)25-12-20(29)27-22(13-24)7-8-22/h1-6,16H,7-10,12H2,(H,25,28)(H,27,29). The smallest absolute Gasteiger partial charge is 0.240 e. The molecule has 1 unspecified atom stereocenters. The van der Waals surface area contributed by atoms with Crippen molar-refractivity contribution in [3.63, 3.8) is 0 Å². The van der Waals surface area contributed by atoms with E-state index in [0.29, 0.717) is 23.4 Å². The average Bonchev–Trinajstić information content (AvgIpc) is 3.42. The highest BCUT2D eigenvalue weighted by atomic mass is 32.1. The first-order chi connectivity index (χ1) is 14.5. The molecule has 0 saturated heterocycles. The van der Waals surface area contributed by atoms with E-state index in [-0.39, 0.29) is 30.7 Å². The summed E-state index contributed by atoms with van der Waals surface area (Å²) in [5, 5.41) is 23.9. The Hall–Kier alpha value is -3.49. The van der Waals surface area contributed by atoms with Gasteiger partial charge in [0.25, 0.3) is 0 Å². The van der Waals surface area contributed by atoms with Crippen molar-refractivity contribution in [2.75, 3.05) is 6.54 Å². The van der Waals surface area contributed by atoms with Crippen molar-refractivity contribution in [2.45, 2.75) is 37.1 Å². The monoisotopic (exact) mass is 417 g/mol. The molecule has 0 spiro atoms. The Kier molecular flexibility index (Phi) is 5.35. The molecule has 1 aromatic heterocycles. The fourth-order valence-corrected chi connectivity index (χ4v) is 4.37. The average molecular weight is 417 g/mol. The Morgan fingerprint density at radius 2 is 1.97 bits per heavy atom. The zero-order chi connectivity index (χ0) is 21.1. The highest BCUT2D eigenvalue weighted by Crippen LogP contribution is 2.34. The van der Waals surface area contributed by atoms with Gasteiger partial charge in [0.15, 0.2) is 0 Å². The van der Waals surface area contributed by atoms with Crippen LogP contribution in [0.2, 0.25) is 0 Å². The number of hydrogen-bond donors (Lipinski definition) is 2. The second kappa shape index (κ2) is 8.10. The number of aromatic nitrogens is 1. The molecule has 1 saturated carbocycles. The lowest BCUT2D eigenvalue weighted by molar-refractivity contribution is -0.126. The van der Waals surface area contributed by atoms with Crippen molar-refractivity contribution in [3.8, 4) is 12.1 Å². The summed E-state index contributed by atoms with van der Waals surface area (Å²) >= 11 is 1.48. The summed E-state index contributed by atoms with van der Waals surface area (Å²) in [7, 11) is 0. The molecule has 1 atom stereocenters. The molecule has 1 heterocycles. The number of nitrogens with zero attached hydrogens (tertiary/aromatic N) is 3. The molecule has 1 aromatic carbocycles. The van der Waals surface area contributed by atoms with Crippen LogP contribution in [0.1, 0.15) is 45.5 Å². The van der Waals surface area contributed by atoms with Gasteiger partial charge in [0.1, 0.15) is 10.5 Å². The summed E-state index contributed by atoms with van der Waals surface area (Å²) in [5.74, 6) is -0.438. The molecule has 0 bridgehead atoms. The maximum Gasteiger partial charge on any atom is 0.240 e. The zero-order valence-electron chi connectivity index (χ0n) is 16.1. The van der Waals surface area contributed by atoms with E-state index in [1.54, 1.807) is 0 Å². The zero-order valence-corrected chi connectivity index (χ0v) is 17.0. The van der Waals surface area contributed by atoms with E-state index in [1.807, 2.05) is 30.3 Å². The third-order valence-corrected chi connectivity index (χ3v) is 6.30. The molecule has 4 rings (SSSR count). The highest BCUT2D eigenvalue weighted by molar-refractivity contribution is 7.12. The number of allylic oxidation sites excluding steroid dienone is 1. The molecule has 1 fully saturated rings. The quantitative estimate of drug-likeness (QED) is 0.747. The molecule has 30 heavy (non-hydrogen) atoms. The topological polar surface area (TPSA) is 119 Å². The molecular weight excluding hydrogens is 398 g/mol. The first-order valence-electron chi connectivity index (χ1n) is 9.66. The SMILES string of the molecule is N#Cc1ccc(C2C=Cc3sc(CC(=O)NCC(=O)NC4(C#N)CC4)nc3C2)cc1. The van der Waals surface area contributed by atoms with Gasteiger partial charge in [-0.2, -0.15) is 10.5 Å². The van der Waals surface area contributed by atoms with Gasteiger partial charge in [0.05, 0.1) is 41.2 Å². The molecule has 150 valence electrons. The normalized spacial score (nSPS) is 17.9. The van der Waals surface area contributed by atoms with Crippen LogP contribution in [0, 0.1) is 22.7 Å². The number of carbonyl (C=O) groups excluding carboxylic acids is 2. The van der Waals surface area contributed by atoms with E-state index in [4.69, 9.17) is 10.5 Å². The van der Waals surface area contributed by atoms with Crippen LogP contribution in [0.4, 0.5) is 0 Å². The van der Waals surface area contributed by atoms with Crippen LogP contribution in [0.15, 0.2) is 30.3 Å². The third-order valence-electron chi connectivity index (χ3n) is 5.23. The van der Waals surface area contributed by atoms with Crippen molar-refractivity contribution in [3.05, 3.63) is 57.0 Å². The van der Waals surface area contributed by atoms with Gasteiger partial charge in [-0.25, -0.2) is 4.98 Å². The van der Waals surface area contributed by atoms with Gasteiger partial charge >= 0.3 is 0 Å². The van der Waals surface area contributed by atoms with Crippen LogP contribution in [-0.2, 0) is 22.4 Å². The van der Waals surface area contributed by atoms with E-state index >= 15 is 0 Å². The number of rotatable bonds is 6. The molecule has 7 nitrogen and oxygen atoms in total. The van der Waals surface area contributed by atoms with Crippen LogP contribution >= 0.6 is 11.3 Å². The second-order valence-electron chi connectivity index (χ2n) is 7.52. The van der Waals surface area contributed by atoms with Crippen LogP contribution in [0.3, 0.4) is 0 Å². The Morgan fingerprint density at radius 1 is 1.20 bits per heavy atom. The number of benzene rings is 1. The third kappa shape index (κ3) is 4.40. The van der Waals surface area contributed by atoms with Crippen LogP contribution in [-0.4, -0.2) is 28.9 Å². The summed E-state index contributed by atoms with van der Waals surface area (Å²) in [6, 6.07) is 11.8. The maximum atomic E-state index is 12.2. The highest BCUT2D eigenvalue weighted by Gasteiger charge is 2.44. The van der Waals surface area contributed by atoms with E-state index < -0.39 is 5.54 Å². The van der Waals surface area contributed by atoms with Crippen molar-refractivity contribution in [1.82, 2.24) is 15.6 Å². The molecule has 0 aliphatic heterocycles. The molecule has 2 aliphatic carbocycles. The van der Waals surface area contributed by atoms with E-state index in [1.165, 1.54) is 11.3 Å². The minimum Gasteiger partial charge on any atom is -0.347 e. The van der Waals surface area contributed by atoms with Gasteiger partial charge < -0.3 is 10.6 Å². The minimum atomic E-state index is -0.728. The molecule has 8 heteroatoms. The van der Waals surface area contributed by atoms with Gasteiger partial charge in [-0.3, -0.25) is 9.59 Å². The molecule has 2 aliphatic rings. The Morgan fingerprint density at radius 3 is 2.63 bits per heavy atom. The lowest BCUT2D eigenvalue weighted by Crippen LogP contribution is -2.43. The Balaban J connectivity index is 1.31. The number of hydrogen-bond acceptors (Lipinski definition) is 6. The van der Waals surface area contributed by atoms with E-state index in [2.05, 4.69) is 33.8 Å². The fraction of sp³-hybridized carbons (Fsp3) is 0.318. The number of thiazole rings is 1. The number of carbonyl (C=O) groups is 2. The number of fused-ring (bicyclic) bond motifs is 1. The Bertz CT molecular complexity index is 1100. The van der Waals surface area contributed by atoms with Gasteiger partial charge in [0.2, 0.25) is 11.8 Å². The predicted octanol–water partition coefficient (Wildman–Crippen LogP) is 2.20. The first-order valence-corrected chi connectivity index (χ1v) is 10.5. The maximum absolute atomic E-state index is 12.2. The fourth-order valence-electron chi connectivity index (χ4n) is 3.36. The number of nitriles is 2. The summed E-state index contributed by atoms with van der Waals surface area (Å²) in [6.45, 7) is -0.145. The molecule has 0 radical (unpaired) electrons. The largest absolute Gasteiger partial charge is 0.347 e. The second-order valence-corrected chi connectivity index (χ2v) is 8.63. The lowest BCUT2D eigenvalue weighted by Gasteiger charge is -2.16. The van der Waals surface area contributed by atoms with Crippen molar-refractivity contribution >= 4 is 29.2 Å². The van der Waals surface area contributed by atoms with Crippen molar-refractivity contribution in [2.24, 2.45) is 0 Å². The predicted molar refractivity (Wildman–Crippen MR) is 111 cm³/mol. The minimum absolute atomic E-state index is 0.115. The molecule has 2 N–H and O–H groups in total. The van der Waals surface area contributed by atoms with E-state index in [9.17, 15) is 9.59 Å².